The van der Waals surface area contributed by atoms with E-state index < -0.39 is 6.04 Å². The van der Waals surface area contributed by atoms with Crippen LogP contribution in [0.1, 0.15) is 67.4 Å². The summed E-state index contributed by atoms with van der Waals surface area (Å²) in [5.74, 6) is 1.35. The zero-order chi connectivity index (χ0) is 26.0. The minimum absolute atomic E-state index is 0.102. The van der Waals surface area contributed by atoms with Gasteiger partial charge in [0.1, 0.15) is 5.58 Å². The van der Waals surface area contributed by atoms with Crippen LogP contribution in [-0.4, -0.2) is 43.8 Å². The molecule has 0 unspecified atom stereocenters. The summed E-state index contributed by atoms with van der Waals surface area (Å²) in [6, 6.07) is 10.4. The lowest BCUT2D eigenvalue weighted by molar-refractivity contribution is 0.0593. The van der Waals surface area contributed by atoms with Crippen molar-refractivity contribution in [2.45, 2.75) is 53.2 Å². The predicted molar refractivity (Wildman–Crippen MR) is 139 cm³/mol. The van der Waals surface area contributed by atoms with E-state index in [2.05, 4.69) is 13.8 Å². The van der Waals surface area contributed by atoms with Crippen LogP contribution >= 0.6 is 0 Å². The van der Waals surface area contributed by atoms with E-state index in [1.165, 1.54) is 0 Å². The Morgan fingerprint density at radius 2 is 1.81 bits per heavy atom. The Morgan fingerprint density at radius 3 is 2.50 bits per heavy atom. The lowest BCUT2D eigenvalue weighted by atomic mass is 9.97. The van der Waals surface area contributed by atoms with Gasteiger partial charge in [0.25, 0.3) is 5.91 Å². The molecule has 0 bridgehead atoms. The Morgan fingerprint density at radius 1 is 1.03 bits per heavy atom. The number of ether oxygens (including phenoxy) is 3. The normalized spacial score (nSPS) is 15.3. The second kappa shape index (κ2) is 10.7. The Hall–Kier alpha value is -3.32. The number of aryl methyl sites for hydroxylation is 1. The molecular weight excluding hydrogens is 458 g/mol. The third kappa shape index (κ3) is 5.12. The maximum absolute atomic E-state index is 13.7. The van der Waals surface area contributed by atoms with Gasteiger partial charge in [0.2, 0.25) is 5.76 Å². The minimum Gasteiger partial charge on any atom is -0.493 e. The van der Waals surface area contributed by atoms with Crippen molar-refractivity contribution in [3.63, 3.8) is 0 Å². The largest absolute Gasteiger partial charge is 0.493 e. The molecule has 36 heavy (non-hydrogen) atoms. The van der Waals surface area contributed by atoms with Crippen LogP contribution in [0.15, 0.2) is 45.6 Å². The smallest absolute Gasteiger partial charge is 0.290 e. The van der Waals surface area contributed by atoms with E-state index in [0.29, 0.717) is 60.1 Å². The Bertz CT molecular complexity index is 1310. The summed E-state index contributed by atoms with van der Waals surface area (Å²) < 4.78 is 23.3. The molecule has 192 valence electrons. The van der Waals surface area contributed by atoms with Crippen LogP contribution < -0.4 is 14.9 Å². The molecule has 2 aromatic carbocycles. The third-order valence-electron chi connectivity index (χ3n) is 6.19. The molecule has 4 rings (SSSR count). The maximum Gasteiger partial charge on any atom is 0.290 e. The molecule has 1 aliphatic rings. The Balaban J connectivity index is 1.80. The van der Waals surface area contributed by atoms with Crippen molar-refractivity contribution in [3.8, 4) is 11.5 Å². The van der Waals surface area contributed by atoms with Crippen LogP contribution in [0.3, 0.4) is 0 Å². The zero-order valence-corrected chi connectivity index (χ0v) is 21.9. The molecule has 2 heterocycles. The van der Waals surface area contributed by atoms with Gasteiger partial charge in [-0.05, 0) is 62.9 Å². The SMILES string of the molecule is COc1cc([C@H]2c3c(oc4ccc(C)cc4c3=O)C(=O)N2CCCOC(C)C)ccc1OCC(C)C. The number of nitrogens with zero attached hydrogens (tertiary/aromatic N) is 1. The van der Waals surface area contributed by atoms with Crippen molar-refractivity contribution in [3.05, 3.63) is 69.1 Å². The first-order chi connectivity index (χ1) is 17.2. The molecule has 7 nitrogen and oxygen atoms in total. The van der Waals surface area contributed by atoms with Gasteiger partial charge in [0.15, 0.2) is 16.9 Å². The van der Waals surface area contributed by atoms with Gasteiger partial charge in [0, 0.05) is 13.2 Å². The fourth-order valence-corrected chi connectivity index (χ4v) is 4.50. The van der Waals surface area contributed by atoms with Crippen molar-refractivity contribution >= 4 is 16.9 Å². The van der Waals surface area contributed by atoms with Crippen LogP contribution in [-0.2, 0) is 4.74 Å². The van der Waals surface area contributed by atoms with E-state index in [1.54, 1.807) is 18.1 Å². The summed E-state index contributed by atoms with van der Waals surface area (Å²) in [5.41, 5.74) is 2.30. The summed E-state index contributed by atoms with van der Waals surface area (Å²) in [5, 5.41) is 0.473. The number of benzene rings is 2. The van der Waals surface area contributed by atoms with E-state index >= 15 is 0 Å². The van der Waals surface area contributed by atoms with E-state index in [9.17, 15) is 9.59 Å². The highest BCUT2D eigenvalue weighted by molar-refractivity contribution is 5.99. The molecular formula is C29H35NO6. The minimum atomic E-state index is -0.597. The van der Waals surface area contributed by atoms with Crippen molar-refractivity contribution in [1.29, 1.82) is 0 Å². The molecule has 0 spiro atoms. The third-order valence-corrected chi connectivity index (χ3v) is 6.19. The quantitative estimate of drug-likeness (QED) is 0.347. The molecule has 0 radical (unpaired) electrons. The second-order valence-electron chi connectivity index (χ2n) is 9.96. The number of carbonyl (C=O) groups excluding carboxylic acids is 1. The number of methoxy groups -OCH3 is 1. The monoisotopic (exact) mass is 493 g/mol. The summed E-state index contributed by atoms with van der Waals surface area (Å²) >= 11 is 0. The standard InChI is InChI=1S/C29H35NO6/c1-17(2)16-35-23-11-9-20(15-24(23)33-6)26-25-27(31)21-14-19(5)8-10-22(21)36-28(25)29(32)30(26)12-7-13-34-18(3)4/h8-11,14-15,17-18,26H,7,12-13,16H2,1-6H3/t26-/m0/s1. The number of rotatable bonds is 10. The Kier molecular flexibility index (Phi) is 7.69. The average Bonchev–Trinajstić information content (AvgIpc) is 3.12. The van der Waals surface area contributed by atoms with Crippen LogP contribution in [0.4, 0.5) is 0 Å². The summed E-state index contributed by atoms with van der Waals surface area (Å²) in [6.45, 7) is 11.5. The predicted octanol–water partition coefficient (Wildman–Crippen LogP) is 5.51. The number of carbonyl (C=O) groups is 1. The molecule has 1 atom stereocenters. The Labute approximate surface area is 212 Å². The van der Waals surface area contributed by atoms with Gasteiger partial charge in [-0.2, -0.15) is 0 Å². The van der Waals surface area contributed by atoms with E-state index in [-0.39, 0.29) is 23.2 Å². The summed E-state index contributed by atoms with van der Waals surface area (Å²) in [6.07, 6.45) is 0.736. The number of amides is 1. The number of hydrogen-bond donors (Lipinski definition) is 0. The fraction of sp³-hybridized carbons (Fsp3) is 0.448. The van der Waals surface area contributed by atoms with Crippen molar-refractivity contribution in [2.75, 3.05) is 26.9 Å². The molecule has 0 aliphatic carbocycles. The summed E-state index contributed by atoms with van der Waals surface area (Å²) in [7, 11) is 1.58. The lowest BCUT2D eigenvalue weighted by Crippen LogP contribution is -2.31. The first-order valence-electron chi connectivity index (χ1n) is 12.5. The van der Waals surface area contributed by atoms with E-state index in [1.807, 2.05) is 51.1 Å². The first-order valence-corrected chi connectivity index (χ1v) is 12.5. The zero-order valence-electron chi connectivity index (χ0n) is 21.9. The molecule has 7 heteroatoms. The molecule has 3 aromatic rings. The van der Waals surface area contributed by atoms with Gasteiger partial charge in [-0.3, -0.25) is 9.59 Å². The highest BCUT2D eigenvalue weighted by atomic mass is 16.5. The van der Waals surface area contributed by atoms with Gasteiger partial charge >= 0.3 is 0 Å². The topological polar surface area (TPSA) is 78.2 Å². The summed E-state index contributed by atoms with van der Waals surface area (Å²) in [4.78, 5) is 29.0. The molecule has 1 amide bonds. The number of fused-ring (bicyclic) bond motifs is 2. The average molecular weight is 494 g/mol. The highest BCUT2D eigenvalue weighted by Crippen LogP contribution is 2.41. The highest BCUT2D eigenvalue weighted by Gasteiger charge is 2.42. The van der Waals surface area contributed by atoms with Gasteiger partial charge in [-0.15, -0.1) is 0 Å². The molecule has 0 saturated carbocycles. The molecule has 1 aromatic heterocycles. The van der Waals surface area contributed by atoms with E-state index in [4.69, 9.17) is 18.6 Å². The first kappa shape index (κ1) is 25.8. The lowest BCUT2D eigenvalue weighted by Gasteiger charge is -2.26. The molecule has 0 saturated heterocycles. The van der Waals surface area contributed by atoms with Gasteiger partial charge < -0.3 is 23.5 Å². The van der Waals surface area contributed by atoms with Crippen LogP contribution in [0.2, 0.25) is 0 Å². The maximum atomic E-state index is 13.7. The van der Waals surface area contributed by atoms with Crippen molar-refractivity contribution < 1.29 is 23.4 Å². The van der Waals surface area contributed by atoms with E-state index in [0.717, 1.165) is 11.1 Å². The molecule has 0 fully saturated rings. The van der Waals surface area contributed by atoms with Crippen LogP contribution in [0.5, 0.6) is 11.5 Å². The van der Waals surface area contributed by atoms with Gasteiger partial charge in [0.05, 0.1) is 36.8 Å². The number of hydrogen-bond acceptors (Lipinski definition) is 6. The van der Waals surface area contributed by atoms with Gasteiger partial charge in [-0.25, -0.2) is 0 Å². The van der Waals surface area contributed by atoms with Crippen LogP contribution in [0.25, 0.3) is 11.0 Å². The molecule has 1 aliphatic heterocycles. The van der Waals surface area contributed by atoms with Crippen molar-refractivity contribution in [2.24, 2.45) is 5.92 Å². The van der Waals surface area contributed by atoms with Crippen molar-refractivity contribution in [1.82, 2.24) is 4.90 Å². The van der Waals surface area contributed by atoms with Gasteiger partial charge in [-0.1, -0.05) is 31.5 Å². The van der Waals surface area contributed by atoms with Crippen LogP contribution in [0, 0.1) is 12.8 Å². The second-order valence-corrected chi connectivity index (χ2v) is 9.96. The molecule has 0 N–H and O–H groups in total. The fourth-order valence-electron chi connectivity index (χ4n) is 4.50.